The molecule has 104 valence electrons. The maximum Gasteiger partial charge on any atom is 0.0591 e. The highest BCUT2D eigenvalue weighted by molar-refractivity contribution is 5.01. The second-order valence-corrected chi connectivity index (χ2v) is 6.88. The van der Waals surface area contributed by atoms with Gasteiger partial charge in [0.2, 0.25) is 0 Å². The molecule has 0 unspecified atom stereocenters. The lowest BCUT2D eigenvalue weighted by Gasteiger charge is -2.54. The normalized spacial score (nSPS) is 41.5. The van der Waals surface area contributed by atoms with Crippen molar-refractivity contribution in [3.05, 3.63) is 0 Å². The Bertz CT molecular complexity index is 238. The molecule has 4 aliphatic carbocycles. The molecule has 0 aromatic rings. The van der Waals surface area contributed by atoms with Gasteiger partial charge in [0.1, 0.15) is 0 Å². The fourth-order valence-electron chi connectivity index (χ4n) is 4.90. The topological polar surface area (TPSA) is 21.3 Å². The van der Waals surface area contributed by atoms with E-state index in [0.717, 1.165) is 49.5 Å². The van der Waals surface area contributed by atoms with Gasteiger partial charge in [0.15, 0.2) is 0 Å². The zero-order chi connectivity index (χ0) is 12.4. The number of hydrogen-bond donors (Lipinski definition) is 1. The van der Waals surface area contributed by atoms with E-state index in [9.17, 15) is 0 Å². The van der Waals surface area contributed by atoms with Crippen molar-refractivity contribution >= 4 is 0 Å². The fourth-order valence-corrected chi connectivity index (χ4v) is 4.90. The Morgan fingerprint density at radius 3 is 2.22 bits per heavy atom. The molecular formula is C16H29NO. The lowest BCUT2D eigenvalue weighted by molar-refractivity contribution is -0.0160. The van der Waals surface area contributed by atoms with E-state index in [-0.39, 0.29) is 0 Å². The van der Waals surface area contributed by atoms with E-state index in [1.165, 1.54) is 38.5 Å². The average molecular weight is 251 g/mol. The van der Waals surface area contributed by atoms with E-state index in [4.69, 9.17) is 4.74 Å². The molecular weight excluding hydrogens is 222 g/mol. The van der Waals surface area contributed by atoms with Crippen LogP contribution in [-0.2, 0) is 4.74 Å². The SMILES string of the molecule is CCCCOCCNC1C2CC3CC(C2)CC1C3. The molecule has 4 bridgehead atoms. The summed E-state index contributed by atoms with van der Waals surface area (Å²) < 4.78 is 5.65. The maximum atomic E-state index is 5.65. The van der Waals surface area contributed by atoms with Gasteiger partial charge in [-0.25, -0.2) is 0 Å². The Balaban J connectivity index is 1.38. The summed E-state index contributed by atoms with van der Waals surface area (Å²) in [5, 5.41) is 3.82. The van der Waals surface area contributed by atoms with Crippen LogP contribution < -0.4 is 5.32 Å². The van der Waals surface area contributed by atoms with E-state index in [0.29, 0.717) is 0 Å². The minimum absolute atomic E-state index is 0.826. The third-order valence-corrected chi connectivity index (χ3v) is 5.50. The van der Waals surface area contributed by atoms with Gasteiger partial charge in [-0.1, -0.05) is 13.3 Å². The summed E-state index contributed by atoms with van der Waals surface area (Å²) in [6, 6.07) is 0.826. The first-order valence-corrected chi connectivity index (χ1v) is 8.18. The van der Waals surface area contributed by atoms with Crippen molar-refractivity contribution in [2.24, 2.45) is 23.7 Å². The van der Waals surface area contributed by atoms with Crippen molar-refractivity contribution in [3.63, 3.8) is 0 Å². The predicted molar refractivity (Wildman–Crippen MR) is 74.6 cm³/mol. The van der Waals surface area contributed by atoms with Gasteiger partial charge < -0.3 is 10.1 Å². The Morgan fingerprint density at radius 1 is 0.944 bits per heavy atom. The van der Waals surface area contributed by atoms with E-state index in [2.05, 4.69) is 12.2 Å². The number of hydrogen-bond acceptors (Lipinski definition) is 2. The first kappa shape index (κ1) is 12.9. The highest BCUT2D eigenvalue weighted by Gasteiger charge is 2.47. The van der Waals surface area contributed by atoms with Crippen LogP contribution >= 0.6 is 0 Å². The van der Waals surface area contributed by atoms with E-state index in [1.807, 2.05) is 0 Å². The van der Waals surface area contributed by atoms with E-state index >= 15 is 0 Å². The highest BCUT2D eigenvalue weighted by atomic mass is 16.5. The summed E-state index contributed by atoms with van der Waals surface area (Å²) in [5.41, 5.74) is 0. The summed E-state index contributed by atoms with van der Waals surface area (Å²) in [6.07, 6.45) is 10.1. The standard InChI is InChI=1S/C16H29NO/c1-2-3-5-18-6-4-17-16-14-8-12-7-13(10-14)11-15(16)9-12/h12-17H,2-11H2,1H3. The molecule has 2 heteroatoms. The van der Waals surface area contributed by atoms with Crippen molar-refractivity contribution in [3.8, 4) is 0 Å². The average Bonchev–Trinajstić information content (AvgIpc) is 2.35. The summed E-state index contributed by atoms with van der Waals surface area (Å²) in [5.74, 6) is 4.17. The number of ether oxygens (including phenoxy) is 1. The lowest BCUT2D eigenvalue weighted by atomic mass is 9.54. The molecule has 0 aromatic heterocycles. The molecule has 0 atom stereocenters. The third kappa shape index (κ3) is 2.75. The van der Waals surface area contributed by atoms with Gasteiger partial charge in [0, 0.05) is 19.2 Å². The monoisotopic (exact) mass is 251 g/mol. The summed E-state index contributed by atoms with van der Waals surface area (Å²) >= 11 is 0. The molecule has 0 spiro atoms. The van der Waals surface area contributed by atoms with Crippen molar-refractivity contribution < 1.29 is 4.74 Å². The largest absolute Gasteiger partial charge is 0.380 e. The predicted octanol–water partition coefficient (Wildman–Crippen LogP) is 3.22. The van der Waals surface area contributed by atoms with Crippen LogP contribution in [0.3, 0.4) is 0 Å². The van der Waals surface area contributed by atoms with Crippen molar-refractivity contribution in [2.45, 2.75) is 57.9 Å². The molecule has 1 N–H and O–H groups in total. The molecule has 2 nitrogen and oxygen atoms in total. The minimum atomic E-state index is 0.826. The summed E-state index contributed by atoms with van der Waals surface area (Å²) in [4.78, 5) is 0. The lowest BCUT2D eigenvalue weighted by Crippen LogP contribution is -2.55. The van der Waals surface area contributed by atoms with Crippen LogP contribution in [0.5, 0.6) is 0 Å². The molecule has 0 saturated heterocycles. The Hall–Kier alpha value is -0.0800. The molecule has 0 heterocycles. The molecule has 0 amide bonds. The van der Waals surface area contributed by atoms with Crippen LogP contribution in [0.15, 0.2) is 0 Å². The molecule has 0 radical (unpaired) electrons. The minimum Gasteiger partial charge on any atom is -0.380 e. The van der Waals surface area contributed by atoms with Crippen molar-refractivity contribution in [2.75, 3.05) is 19.8 Å². The van der Waals surface area contributed by atoms with Gasteiger partial charge in [-0.3, -0.25) is 0 Å². The summed E-state index contributed by atoms with van der Waals surface area (Å²) in [6.45, 7) is 5.13. The van der Waals surface area contributed by atoms with Crippen LogP contribution in [0, 0.1) is 23.7 Å². The van der Waals surface area contributed by atoms with Crippen molar-refractivity contribution in [1.82, 2.24) is 5.32 Å². The van der Waals surface area contributed by atoms with Gasteiger partial charge in [-0.15, -0.1) is 0 Å². The van der Waals surface area contributed by atoms with Crippen LogP contribution in [0.4, 0.5) is 0 Å². The van der Waals surface area contributed by atoms with Gasteiger partial charge >= 0.3 is 0 Å². The smallest absolute Gasteiger partial charge is 0.0591 e. The van der Waals surface area contributed by atoms with E-state index < -0.39 is 0 Å². The van der Waals surface area contributed by atoms with Crippen LogP contribution in [0.25, 0.3) is 0 Å². The maximum absolute atomic E-state index is 5.65. The van der Waals surface area contributed by atoms with Gasteiger partial charge in [-0.05, 0) is 62.2 Å². The molecule has 4 fully saturated rings. The van der Waals surface area contributed by atoms with Crippen LogP contribution in [-0.4, -0.2) is 25.8 Å². The molecule has 4 rings (SSSR count). The Morgan fingerprint density at radius 2 is 1.61 bits per heavy atom. The van der Waals surface area contributed by atoms with Gasteiger partial charge in [-0.2, -0.15) is 0 Å². The number of rotatable bonds is 7. The highest BCUT2D eigenvalue weighted by Crippen LogP contribution is 2.53. The van der Waals surface area contributed by atoms with Gasteiger partial charge in [0.05, 0.1) is 6.61 Å². The second-order valence-electron chi connectivity index (χ2n) is 6.88. The zero-order valence-electron chi connectivity index (χ0n) is 11.9. The second kappa shape index (κ2) is 5.92. The Kier molecular flexibility index (Phi) is 4.25. The summed E-state index contributed by atoms with van der Waals surface area (Å²) in [7, 11) is 0. The van der Waals surface area contributed by atoms with E-state index in [1.54, 1.807) is 6.42 Å². The van der Waals surface area contributed by atoms with Crippen LogP contribution in [0.1, 0.15) is 51.9 Å². The molecule has 0 aliphatic heterocycles. The number of unbranched alkanes of at least 4 members (excludes halogenated alkanes) is 1. The quantitative estimate of drug-likeness (QED) is 0.702. The number of nitrogens with one attached hydrogen (secondary N) is 1. The molecule has 18 heavy (non-hydrogen) atoms. The third-order valence-electron chi connectivity index (χ3n) is 5.50. The molecule has 4 saturated carbocycles. The zero-order valence-corrected chi connectivity index (χ0v) is 11.9. The van der Waals surface area contributed by atoms with Crippen molar-refractivity contribution in [1.29, 1.82) is 0 Å². The first-order chi connectivity index (χ1) is 8.86. The van der Waals surface area contributed by atoms with Gasteiger partial charge in [0.25, 0.3) is 0 Å². The Labute approximate surface area is 112 Å². The first-order valence-electron chi connectivity index (χ1n) is 8.18. The molecule has 4 aliphatic rings. The molecule has 0 aromatic carbocycles. The fraction of sp³-hybridized carbons (Fsp3) is 1.00. The van der Waals surface area contributed by atoms with Crippen LogP contribution in [0.2, 0.25) is 0 Å².